The summed E-state index contributed by atoms with van der Waals surface area (Å²) in [6.45, 7) is -0.396. The first-order valence-electron chi connectivity index (χ1n) is 8.20. The molecule has 150 valence electrons. The summed E-state index contributed by atoms with van der Waals surface area (Å²) in [4.78, 5) is 32.0. The van der Waals surface area contributed by atoms with E-state index in [1.54, 1.807) is 6.07 Å². The van der Waals surface area contributed by atoms with Crippen LogP contribution in [0.3, 0.4) is 0 Å². The van der Waals surface area contributed by atoms with Crippen molar-refractivity contribution in [2.45, 2.75) is 11.9 Å². The van der Waals surface area contributed by atoms with Crippen molar-refractivity contribution in [2.75, 3.05) is 5.32 Å². The van der Waals surface area contributed by atoms with Crippen LogP contribution in [-0.2, 0) is 11.3 Å². The van der Waals surface area contributed by atoms with Gasteiger partial charge in [-0.3, -0.25) is 14.9 Å². The minimum Gasteiger partial charge on any atom is -0.293 e. The summed E-state index contributed by atoms with van der Waals surface area (Å²) in [5, 5.41) is 7.01. The van der Waals surface area contributed by atoms with E-state index in [0.717, 1.165) is 17.1 Å². The summed E-state index contributed by atoms with van der Waals surface area (Å²) in [7, 11) is 7.47. The van der Waals surface area contributed by atoms with E-state index in [0.29, 0.717) is 22.1 Å². The van der Waals surface area contributed by atoms with Crippen molar-refractivity contribution >= 4 is 44.9 Å². The van der Waals surface area contributed by atoms with Crippen LogP contribution in [0.4, 0.5) is 14.7 Å². The number of benzene rings is 1. The molecule has 3 atom stereocenters. The molecule has 1 amide bonds. The molecule has 1 N–H and O–H groups in total. The minimum atomic E-state index is -0.640. The molecule has 3 unspecified atom stereocenters. The van der Waals surface area contributed by atoms with Crippen LogP contribution in [0, 0.1) is 11.6 Å². The van der Waals surface area contributed by atoms with E-state index in [2.05, 4.69) is 48.1 Å². The second kappa shape index (κ2) is 9.08. The summed E-state index contributed by atoms with van der Waals surface area (Å²) in [6, 6.07) is 5.69. The van der Waals surface area contributed by atoms with Crippen molar-refractivity contribution in [1.29, 1.82) is 0 Å². The standard InChI is InChI=1S/C17H16F2N5O2P3/c18-9-1-8(2-11(27)3-9)12-4-14(26)24(23-15(12)16(28)29)7-13(25)22-17-20-5-10(19)6-21-17/h1-6,16H,7,27-29H2,(H,20,21,22,25). The molecule has 0 aliphatic heterocycles. The first-order chi connectivity index (χ1) is 13.7. The molecule has 0 fully saturated rings. The number of nitrogens with one attached hydrogen (secondary N) is 1. The Kier molecular flexibility index (Phi) is 6.74. The molecule has 2 aromatic heterocycles. The smallest absolute Gasteiger partial charge is 0.267 e. The maximum atomic E-state index is 13.8. The molecule has 0 spiro atoms. The average Bonchev–Trinajstić information content (AvgIpc) is 2.64. The summed E-state index contributed by atoms with van der Waals surface area (Å²) in [5.41, 5.74) is 0.900. The van der Waals surface area contributed by atoms with Gasteiger partial charge in [0.25, 0.3) is 5.56 Å². The number of aromatic nitrogens is 4. The van der Waals surface area contributed by atoms with Crippen LogP contribution < -0.4 is 16.2 Å². The molecule has 0 aliphatic carbocycles. The highest BCUT2D eigenvalue weighted by Gasteiger charge is 2.17. The van der Waals surface area contributed by atoms with E-state index in [1.165, 1.54) is 18.2 Å². The van der Waals surface area contributed by atoms with Crippen molar-refractivity contribution < 1.29 is 13.6 Å². The van der Waals surface area contributed by atoms with Gasteiger partial charge in [0.15, 0.2) is 5.82 Å². The van der Waals surface area contributed by atoms with Crippen LogP contribution in [0.1, 0.15) is 11.1 Å². The molecule has 0 radical (unpaired) electrons. The number of nitrogens with zero attached hydrogens (tertiary/aromatic N) is 4. The lowest BCUT2D eigenvalue weighted by Gasteiger charge is -2.15. The Morgan fingerprint density at radius 1 is 1.10 bits per heavy atom. The highest BCUT2D eigenvalue weighted by Crippen LogP contribution is 2.34. The van der Waals surface area contributed by atoms with Gasteiger partial charge < -0.3 is 0 Å². The Morgan fingerprint density at radius 2 is 1.79 bits per heavy atom. The SMILES string of the molecule is O=C(Cn1nc(C(P)P)c(-c2cc(F)cc(P)c2)cc1=O)Nc1ncc(F)cn1. The number of rotatable bonds is 5. The first kappa shape index (κ1) is 21.5. The minimum absolute atomic E-state index is 0.0935. The van der Waals surface area contributed by atoms with Crippen LogP contribution in [-0.4, -0.2) is 25.7 Å². The van der Waals surface area contributed by atoms with Gasteiger partial charge in [0.2, 0.25) is 11.9 Å². The van der Waals surface area contributed by atoms with E-state index >= 15 is 0 Å². The molecule has 0 saturated carbocycles. The molecule has 0 saturated heterocycles. The molecular formula is C17H16F2N5O2P3. The van der Waals surface area contributed by atoms with Gasteiger partial charge in [-0.2, -0.15) is 5.10 Å². The first-order valence-corrected chi connectivity index (χ1v) is 10.1. The molecule has 3 aromatic rings. The van der Waals surface area contributed by atoms with Gasteiger partial charge in [-0.1, -0.05) is 0 Å². The van der Waals surface area contributed by atoms with Crippen molar-refractivity contribution in [2.24, 2.45) is 0 Å². The van der Waals surface area contributed by atoms with Gasteiger partial charge >= 0.3 is 0 Å². The van der Waals surface area contributed by atoms with E-state index in [9.17, 15) is 18.4 Å². The van der Waals surface area contributed by atoms with Crippen molar-refractivity contribution in [3.63, 3.8) is 0 Å². The third-order valence-electron chi connectivity index (χ3n) is 3.74. The van der Waals surface area contributed by atoms with Gasteiger partial charge in [0, 0.05) is 17.0 Å². The summed E-state index contributed by atoms with van der Waals surface area (Å²) in [5.74, 6) is -1.78. The van der Waals surface area contributed by atoms with Gasteiger partial charge in [-0.15, -0.1) is 27.7 Å². The number of carbonyl (C=O) groups excluding carboxylic acids is 1. The second-order valence-electron chi connectivity index (χ2n) is 6.01. The van der Waals surface area contributed by atoms with Crippen molar-refractivity contribution in [3.8, 4) is 11.1 Å². The van der Waals surface area contributed by atoms with E-state index in [-0.39, 0.29) is 11.3 Å². The summed E-state index contributed by atoms with van der Waals surface area (Å²) < 4.78 is 27.7. The van der Waals surface area contributed by atoms with Crippen LogP contribution in [0.25, 0.3) is 11.1 Å². The molecule has 0 aliphatic rings. The number of halogens is 2. The second-order valence-corrected chi connectivity index (χ2v) is 8.88. The van der Waals surface area contributed by atoms with Crippen LogP contribution in [0.2, 0.25) is 0 Å². The largest absolute Gasteiger partial charge is 0.293 e. The highest BCUT2D eigenvalue weighted by atomic mass is 31.1. The maximum absolute atomic E-state index is 13.8. The highest BCUT2D eigenvalue weighted by molar-refractivity contribution is 7.37. The molecular weight excluding hydrogens is 437 g/mol. The maximum Gasteiger partial charge on any atom is 0.267 e. The van der Waals surface area contributed by atoms with Gasteiger partial charge in [0.05, 0.1) is 18.1 Å². The van der Waals surface area contributed by atoms with Crippen molar-refractivity contribution in [1.82, 2.24) is 19.7 Å². The molecule has 2 heterocycles. The van der Waals surface area contributed by atoms with Gasteiger partial charge in [0.1, 0.15) is 12.4 Å². The predicted molar refractivity (Wildman–Crippen MR) is 116 cm³/mol. The van der Waals surface area contributed by atoms with E-state index < -0.39 is 29.6 Å². The topological polar surface area (TPSA) is 89.8 Å². The van der Waals surface area contributed by atoms with Crippen molar-refractivity contribution in [3.05, 3.63) is 64.3 Å². The summed E-state index contributed by atoms with van der Waals surface area (Å²) in [6.07, 6.45) is 1.82. The Morgan fingerprint density at radius 3 is 2.41 bits per heavy atom. The molecule has 29 heavy (non-hydrogen) atoms. The number of amides is 1. The lowest BCUT2D eigenvalue weighted by Crippen LogP contribution is -2.30. The number of carbonyl (C=O) groups is 1. The number of anilines is 1. The Hall–Kier alpha value is -2.20. The average molecular weight is 453 g/mol. The molecule has 0 bridgehead atoms. The monoisotopic (exact) mass is 453 g/mol. The fourth-order valence-electron chi connectivity index (χ4n) is 2.54. The zero-order valence-electron chi connectivity index (χ0n) is 14.8. The third-order valence-corrected chi connectivity index (χ3v) is 4.70. The molecule has 1 aromatic carbocycles. The van der Waals surface area contributed by atoms with Gasteiger partial charge in [-0.05, 0) is 29.1 Å². The zero-order chi connectivity index (χ0) is 21.1. The fraction of sp³-hybridized carbons (Fsp3) is 0.118. The van der Waals surface area contributed by atoms with Crippen LogP contribution in [0.15, 0.2) is 41.5 Å². The zero-order valence-corrected chi connectivity index (χ0v) is 18.3. The number of hydrogen-bond donors (Lipinski definition) is 1. The molecule has 12 heteroatoms. The van der Waals surface area contributed by atoms with E-state index in [4.69, 9.17) is 0 Å². The normalized spacial score (nSPS) is 11.0. The number of hydrogen-bond acceptors (Lipinski definition) is 5. The Labute approximate surface area is 171 Å². The lowest BCUT2D eigenvalue weighted by molar-refractivity contribution is -0.117. The fourth-order valence-corrected chi connectivity index (χ4v) is 3.37. The Balaban J connectivity index is 1.92. The third kappa shape index (κ3) is 5.45. The molecule has 3 rings (SSSR count). The predicted octanol–water partition coefficient (Wildman–Crippen LogP) is 1.87. The van der Waals surface area contributed by atoms with Crippen LogP contribution in [0.5, 0.6) is 0 Å². The quantitative estimate of drug-likeness (QED) is 0.596. The van der Waals surface area contributed by atoms with Crippen LogP contribution >= 0.6 is 27.7 Å². The summed E-state index contributed by atoms with van der Waals surface area (Å²) >= 11 is 0. The Bertz CT molecular complexity index is 1100. The van der Waals surface area contributed by atoms with E-state index in [1.807, 2.05) is 0 Å². The lowest BCUT2D eigenvalue weighted by atomic mass is 10.1. The van der Waals surface area contributed by atoms with Gasteiger partial charge in [-0.25, -0.2) is 23.4 Å². The molecule has 7 nitrogen and oxygen atoms in total.